The molecule has 0 fully saturated rings. The van der Waals surface area contributed by atoms with E-state index >= 15 is 0 Å². The summed E-state index contributed by atoms with van der Waals surface area (Å²) in [5, 5.41) is 0. The van der Waals surface area contributed by atoms with Crippen LogP contribution in [0.15, 0.2) is 12.2 Å². The standard InChI is InChI=1S/C18H35NO2/c1-6-9-10-11-12-16(18(19,7-2)8-3)13-14-21-17(20)15(4)5/h16H,4,6-14,19H2,1-3,5H3. The lowest BCUT2D eigenvalue weighted by molar-refractivity contribution is -0.139. The summed E-state index contributed by atoms with van der Waals surface area (Å²) in [5.74, 6) is 0.123. The minimum Gasteiger partial charge on any atom is -0.462 e. The summed E-state index contributed by atoms with van der Waals surface area (Å²) >= 11 is 0. The molecular weight excluding hydrogens is 262 g/mol. The van der Waals surface area contributed by atoms with Gasteiger partial charge < -0.3 is 10.5 Å². The summed E-state index contributed by atoms with van der Waals surface area (Å²) in [6, 6.07) is 0. The lowest BCUT2D eigenvalue weighted by Crippen LogP contribution is -2.46. The Bertz CT molecular complexity index is 308. The summed E-state index contributed by atoms with van der Waals surface area (Å²) in [5.41, 5.74) is 6.90. The Labute approximate surface area is 131 Å². The van der Waals surface area contributed by atoms with Crippen LogP contribution in [0.1, 0.15) is 79.1 Å². The van der Waals surface area contributed by atoms with Gasteiger partial charge in [-0.15, -0.1) is 0 Å². The van der Waals surface area contributed by atoms with Crippen LogP contribution in [0, 0.1) is 5.92 Å². The van der Waals surface area contributed by atoms with Gasteiger partial charge in [-0.1, -0.05) is 53.0 Å². The van der Waals surface area contributed by atoms with Gasteiger partial charge in [-0.05, 0) is 38.5 Å². The Hall–Kier alpha value is -0.830. The van der Waals surface area contributed by atoms with Gasteiger partial charge in [-0.2, -0.15) is 0 Å². The van der Waals surface area contributed by atoms with Gasteiger partial charge in [0.2, 0.25) is 0 Å². The number of rotatable bonds is 12. The normalized spacial score (nSPS) is 13.0. The van der Waals surface area contributed by atoms with Crippen molar-refractivity contribution in [2.24, 2.45) is 11.7 Å². The maximum absolute atomic E-state index is 11.5. The molecule has 3 heteroatoms. The fourth-order valence-corrected chi connectivity index (χ4v) is 2.78. The van der Waals surface area contributed by atoms with E-state index < -0.39 is 0 Å². The molecule has 0 aliphatic rings. The highest BCUT2D eigenvalue weighted by molar-refractivity contribution is 5.86. The molecule has 0 saturated heterocycles. The summed E-state index contributed by atoms with van der Waals surface area (Å²) in [7, 11) is 0. The van der Waals surface area contributed by atoms with Crippen molar-refractivity contribution >= 4 is 5.97 Å². The average molecular weight is 297 g/mol. The van der Waals surface area contributed by atoms with Gasteiger partial charge in [0.25, 0.3) is 0 Å². The van der Waals surface area contributed by atoms with E-state index in [0.717, 1.165) is 25.7 Å². The van der Waals surface area contributed by atoms with Crippen molar-refractivity contribution in [2.45, 2.75) is 84.6 Å². The third-order valence-corrected chi connectivity index (χ3v) is 4.58. The molecule has 0 saturated carbocycles. The van der Waals surface area contributed by atoms with Gasteiger partial charge in [0, 0.05) is 11.1 Å². The van der Waals surface area contributed by atoms with Crippen LogP contribution >= 0.6 is 0 Å². The van der Waals surface area contributed by atoms with Crippen LogP contribution in [0.3, 0.4) is 0 Å². The number of nitrogens with two attached hydrogens (primary N) is 1. The molecule has 0 spiro atoms. The van der Waals surface area contributed by atoms with E-state index in [1.807, 2.05) is 0 Å². The van der Waals surface area contributed by atoms with E-state index in [1.54, 1.807) is 6.92 Å². The van der Waals surface area contributed by atoms with Crippen LogP contribution in [0.4, 0.5) is 0 Å². The van der Waals surface area contributed by atoms with Crippen molar-refractivity contribution in [3.05, 3.63) is 12.2 Å². The third-order valence-electron chi connectivity index (χ3n) is 4.58. The van der Waals surface area contributed by atoms with Crippen molar-refractivity contribution in [3.8, 4) is 0 Å². The van der Waals surface area contributed by atoms with Crippen LogP contribution < -0.4 is 5.73 Å². The lowest BCUT2D eigenvalue weighted by Gasteiger charge is -2.36. The van der Waals surface area contributed by atoms with Gasteiger partial charge in [0.15, 0.2) is 0 Å². The van der Waals surface area contributed by atoms with Crippen molar-refractivity contribution in [3.63, 3.8) is 0 Å². The second-order valence-corrected chi connectivity index (χ2v) is 6.19. The Morgan fingerprint density at radius 2 is 1.76 bits per heavy atom. The minimum atomic E-state index is -0.296. The minimum absolute atomic E-state index is 0.137. The smallest absolute Gasteiger partial charge is 0.333 e. The molecule has 3 nitrogen and oxygen atoms in total. The highest BCUT2D eigenvalue weighted by Gasteiger charge is 2.31. The number of carbonyl (C=O) groups is 1. The zero-order valence-electron chi connectivity index (χ0n) is 14.5. The van der Waals surface area contributed by atoms with Crippen molar-refractivity contribution in [1.82, 2.24) is 0 Å². The topological polar surface area (TPSA) is 52.3 Å². The van der Waals surface area contributed by atoms with Crippen LogP contribution in [0.2, 0.25) is 0 Å². The van der Waals surface area contributed by atoms with Crippen LogP contribution in [0.5, 0.6) is 0 Å². The van der Waals surface area contributed by atoms with E-state index in [2.05, 4.69) is 27.4 Å². The number of carbonyl (C=O) groups excluding carboxylic acids is 1. The summed E-state index contributed by atoms with van der Waals surface area (Å²) in [6.45, 7) is 12.3. The first-order valence-electron chi connectivity index (χ1n) is 8.52. The SMILES string of the molecule is C=C(C)C(=O)OCCC(CCCCCC)C(N)(CC)CC. The lowest BCUT2D eigenvalue weighted by atomic mass is 9.76. The highest BCUT2D eigenvalue weighted by atomic mass is 16.5. The van der Waals surface area contributed by atoms with Crippen molar-refractivity contribution < 1.29 is 9.53 Å². The molecule has 0 rings (SSSR count). The summed E-state index contributed by atoms with van der Waals surface area (Å²) in [4.78, 5) is 11.5. The predicted molar refractivity (Wildman–Crippen MR) is 90.1 cm³/mol. The van der Waals surface area contributed by atoms with E-state index in [4.69, 9.17) is 10.5 Å². The molecule has 0 bridgehead atoms. The summed E-state index contributed by atoms with van der Waals surface area (Å²) in [6.07, 6.45) is 8.93. The molecule has 1 unspecified atom stereocenters. The zero-order chi connectivity index (χ0) is 16.3. The first-order valence-corrected chi connectivity index (χ1v) is 8.52. The number of ether oxygens (including phenoxy) is 1. The average Bonchev–Trinajstić information content (AvgIpc) is 2.48. The van der Waals surface area contributed by atoms with Crippen molar-refractivity contribution in [2.75, 3.05) is 6.61 Å². The Morgan fingerprint density at radius 3 is 2.24 bits per heavy atom. The molecule has 0 radical (unpaired) electrons. The summed E-state index contributed by atoms with van der Waals surface area (Å²) < 4.78 is 5.25. The molecule has 0 aromatic rings. The monoisotopic (exact) mass is 297 g/mol. The number of hydrogen-bond donors (Lipinski definition) is 1. The van der Waals surface area contributed by atoms with E-state index in [0.29, 0.717) is 18.1 Å². The zero-order valence-corrected chi connectivity index (χ0v) is 14.5. The first kappa shape index (κ1) is 20.2. The number of unbranched alkanes of at least 4 members (excludes halogenated alkanes) is 3. The van der Waals surface area contributed by atoms with Gasteiger partial charge in [0.1, 0.15) is 0 Å². The van der Waals surface area contributed by atoms with Crippen LogP contribution in [0.25, 0.3) is 0 Å². The van der Waals surface area contributed by atoms with Crippen LogP contribution in [-0.4, -0.2) is 18.1 Å². The number of esters is 1. The third kappa shape index (κ3) is 7.66. The second-order valence-electron chi connectivity index (χ2n) is 6.19. The maximum atomic E-state index is 11.5. The molecule has 21 heavy (non-hydrogen) atoms. The second kappa shape index (κ2) is 10.8. The fraction of sp³-hybridized carbons (Fsp3) is 0.833. The molecule has 1 atom stereocenters. The maximum Gasteiger partial charge on any atom is 0.333 e. The quantitative estimate of drug-likeness (QED) is 0.325. The molecule has 2 N–H and O–H groups in total. The molecule has 0 aromatic carbocycles. The van der Waals surface area contributed by atoms with E-state index in [9.17, 15) is 4.79 Å². The van der Waals surface area contributed by atoms with Gasteiger partial charge in [0.05, 0.1) is 6.61 Å². The molecule has 0 aliphatic carbocycles. The van der Waals surface area contributed by atoms with Gasteiger partial charge >= 0.3 is 5.97 Å². The number of hydrogen-bond acceptors (Lipinski definition) is 3. The predicted octanol–water partition coefficient (Wildman–Crippen LogP) is 4.60. The van der Waals surface area contributed by atoms with Gasteiger partial charge in [-0.25, -0.2) is 4.79 Å². The van der Waals surface area contributed by atoms with E-state index in [1.165, 1.54) is 25.7 Å². The van der Waals surface area contributed by atoms with Crippen LogP contribution in [-0.2, 0) is 9.53 Å². The molecule has 0 amide bonds. The van der Waals surface area contributed by atoms with Gasteiger partial charge in [-0.3, -0.25) is 0 Å². The Morgan fingerprint density at radius 1 is 1.14 bits per heavy atom. The molecule has 0 aromatic heterocycles. The largest absolute Gasteiger partial charge is 0.462 e. The molecular formula is C18H35NO2. The Kier molecular flexibility index (Phi) is 10.4. The Balaban J connectivity index is 4.43. The first-order chi connectivity index (χ1) is 9.91. The van der Waals surface area contributed by atoms with E-state index in [-0.39, 0.29) is 11.5 Å². The highest BCUT2D eigenvalue weighted by Crippen LogP contribution is 2.30. The molecule has 124 valence electrons. The van der Waals surface area contributed by atoms with Crippen molar-refractivity contribution in [1.29, 1.82) is 0 Å². The molecule has 0 aliphatic heterocycles. The molecule has 0 heterocycles. The fourth-order valence-electron chi connectivity index (χ4n) is 2.78.